The molecule has 0 spiro atoms. The van der Waals surface area contributed by atoms with Gasteiger partial charge in [-0.05, 0) is 48.6 Å². The standard InChI is InChI=1S/C18H25N3O2S2/c1-14-12-25-17(20-14)5-2-7-19-18(22)21(10-15-6-9-24-13-15)11-16-4-3-8-23-16/h6,9,12-13,16H,2-5,7-8,10-11H2,1H3,(H,19,22)/t16-/m1/s1. The fourth-order valence-electron chi connectivity index (χ4n) is 2.92. The molecule has 136 valence electrons. The normalized spacial score (nSPS) is 16.9. The second kappa shape index (κ2) is 9.31. The summed E-state index contributed by atoms with van der Waals surface area (Å²) in [4.78, 5) is 19.0. The van der Waals surface area contributed by atoms with Crippen LogP contribution in [0.2, 0.25) is 0 Å². The summed E-state index contributed by atoms with van der Waals surface area (Å²) in [5.74, 6) is 0. The maximum atomic E-state index is 12.6. The van der Waals surface area contributed by atoms with Gasteiger partial charge in [-0.15, -0.1) is 11.3 Å². The highest BCUT2D eigenvalue weighted by atomic mass is 32.1. The second-order valence-corrected chi connectivity index (χ2v) is 8.09. The van der Waals surface area contributed by atoms with Crippen LogP contribution < -0.4 is 5.32 Å². The van der Waals surface area contributed by atoms with Crippen molar-refractivity contribution in [3.8, 4) is 0 Å². The number of rotatable bonds is 8. The van der Waals surface area contributed by atoms with Crippen molar-refractivity contribution in [3.05, 3.63) is 38.5 Å². The first-order valence-corrected chi connectivity index (χ1v) is 10.6. The van der Waals surface area contributed by atoms with Gasteiger partial charge in [0, 0.05) is 43.7 Å². The van der Waals surface area contributed by atoms with Crippen molar-refractivity contribution in [1.29, 1.82) is 0 Å². The van der Waals surface area contributed by atoms with Crippen LogP contribution >= 0.6 is 22.7 Å². The molecular formula is C18H25N3O2S2. The van der Waals surface area contributed by atoms with Gasteiger partial charge < -0.3 is 15.0 Å². The van der Waals surface area contributed by atoms with Crippen molar-refractivity contribution in [2.75, 3.05) is 19.7 Å². The molecule has 2 amide bonds. The lowest BCUT2D eigenvalue weighted by atomic mass is 10.2. The average molecular weight is 380 g/mol. The fraction of sp³-hybridized carbons (Fsp3) is 0.556. The molecule has 1 aliphatic rings. The van der Waals surface area contributed by atoms with E-state index in [1.807, 2.05) is 17.2 Å². The van der Waals surface area contributed by atoms with Gasteiger partial charge in [0.25, 0.3) is 0 Å². The number of amides is 2. The topological polar surface area (TPSA) is 54.5 Å². The largest absolute Gasteiger partial charge is 0.376 e. The Labute approximate surface area is 157 Å². The number of nitrogens with zero attached hydrogens (tertiary/aromatic N) is 2. The molecule has 0 radical (unpaired) electrons. The number of hydrogen-bond acceptors (Lipinski definition) is 5. The second-order valence-electron chi connectivity index (χ2n) is 6.37. The first kappa shape index (κ1) is 18.4. The lowest BCUT2D eigenvalue weighted by Crippen LogP contribution is -2.43. The summed E-state index contributed by atoms with van der Waals surface area (Å²) in [6.45, 7) is 4.79. The van der Waals surface area contributed by atoms with Gasteiger partial charge in [0.2, 0.25) is 0 Å². The van der Waals surface area contributed by atoms with Crippen molar-refractivity contribution in [3.63, 3.8) is 0 Å². The van der Waals surface area contributed by atoms with Gasteiger partial charge in [0.1, 0.15) is 0 Å². The van der Waals surface area contributed by atoms with E-state index in [4.69, 9.17) is 4.74 Å². The van der Waals surface area contributed by atoms with E-state index in [2.05, 4.69) is 27.1 Å². The lowest BCUT2D eigenvalue weighted by molar-refractivity contribution is 0.0795. The van der Waals surface area contributed by atoms with Crippen LogP contribution in [0.3, 0.4) is 0 Å². The average Bonchev–Trinajstić information content (AvgIpc) is 3.34. The summed E-state index contributed by atoms with van der Waals surface area (Å²) in [7, 11) is 0. The number of aromatic nitrogens is 1. The molecule has 7 heteroatoms. The third-order valence-corrected chi connectivity index (χ3v) is 5.96. The van der Waals surface area contributed by atoms with Crippen molar-refractivity contribution in [2.45, 2.75) is 45.3 Å². The van der Waals surface area contributed by atoms with Gasteiger partial charge in [0.05, 0.1) is 11.1 Å². The van der Waals surface area contributed by atoms with Crippen molar-refractivity contribution in [1.82, 2.24) is 15.2 Å². The summed E-state index contributed by atoms with van der Waals surface area (Å²) >= 11 is 3.35. The number of ether oxygens (including phenoxy) is 1. The Hall–Kier alpha value is -1.44. The number of thiazole rings is 1. The Morgan fingerprint density at radius 3 is 3.08 bits per heavy atom. The molecule has 0 saturated carbocycles. The zero-order chi connectivity index (χ0) is 17.5. The molecule has 3 heterocycles. The van der Waals surface area contributed by atoms with E-state index in [9.17, 15) is 4.79 Å². The Balaban J connectivity index is 1.47. The van der Waals surface area contributed by atoms with Crippen molar-refractivity contribution >= 4 is 28.7 Å². The number of aryl methyl sites for hydroxylation is 2. The van der Waals surface area contributed by atoms with E-state index >= 15 is 0 Å². The van der Waals surface area contributed by atoms with E-state index in [0.29, 0.717) is 19.6 Å². The van der Waals surface area contributed by atoms with Crippen molar-refractivity contribution in [2.24, 2.45) is 0 Å². The molecule has 0 bridgehead atoms. The molecule has 0 unspecified atom stereocenters. The number of urea groups is 1. The quantitative estimate of drug-likeness (QED) is 0.709. The Kier molecular flexibility index (Phi) is 6.84. The summed E-state index contributed by atoms with van der Waals surface area (Å²) in [6, 6.07) is 2.07. The summed E-state index contributed by atoms with van der Waals surface area (Å²) < 4.78 is 5.71. The summed E-state index contributed by atoms with van der Waals surface area (Å²) in [6.07, 6.45) is 4.12. The highest BCUT2D eigenvalue weighted by Gasteiger charge is 2.22. The summed E-state index contributed by atoms with van der Waals surface area (Å²) in [5, 5.41) is 10.4. The monoisotopic (exact) mass is 379 g/mol. The first-order valence-electron chi connectivity index (χ1n) is 8.77. The first-order chi connectivity index (χ1) is 12.2. The van der Waals surface area contributed by atoms with Crippen LogP contribution in [0.25, 0.3) is 0 Å². The zero-order valence-electron chi connectivity index (χ0n) is 14.6. The van der Waals surface area contributed by atoms with Gasteiger partial charge in [-0.1, -0.05) is 0 Å². The molecule has 0 aromatic carbocycles. The molecule has 1 atom stereocenters. The number of carbonyl (C=O) groups excluding carboxylic acids is 1. The molecule has 3 rings (SSSR count). The molecule has 2 aromatic rings. The molecule has 5 nitrogen and oxygen atoms in total. The van der Waals surface area contributed by atoms with Crippen LogP contribution in [-0.4, -0.2) is 41.7 Å². The summed E-state index contributed by atoms with van der Waals surface area (Å²) in [5.41, 5.74) is 2.25. The van der Waals surface area contributed by atoms with Gasteiger partial charge in [0.15, 0.2) is 0 Å². The molecular weight excluding hydrogens is 354 g/mol. The predicted octanol–water partition coefficient (Wildman–Crippen LogP) is 3.84. The third kappa shape index (κ3) is 5.80. The number of nitrogens with one attached hydrogen (secondary N) is 1. The number of thiophene rings is 1. The van der Waals surface area contributed by atoms with Crippen LogP contribution in [0.15, 0.2) is 22.2 Å². The van der Waals surface area contributed by atoms with Crippen LogP contribution in [0.4, 0.5) is 4.79 Å². The van der Waals surface area contributed by atoms with E-state index in [1.54, 1.807) is 22.7 Å². The molecule has 1 saturated heterocycles. The Bertz CT molecular complexity index is 651. The zero-order valence-corrected chi connectivity index (χ0v) is 16.2. The fourth-order valence-corrected chi connectivity index (χ4v) is 4.40. The van der Waals surface area contributed by atoms with Gasteiger partial charge in [-0.25, -0.2) is 9.78 Å². The minimum Gasteiger partial charge on any atom is -0.376 e. The van der Waals surface area contributed by atoms with E-state index in [-0.39, 0.29) is 12.1 Å². The molecule has 25 heavy (non-hydrogen) atoms. The van der Waals surface area contributed by atoms with Crippen LogP contribution in [0.1, 0.15) is 35.5 Å². The maximum Gasteiger partial charge on any atom is 0.317 e. The third-order valence-electron chi connectivity index (χ3n) is 4.20. The van der Waals surface area contributed by atoms with E-state index < -0.39 is 0 Å². The van der Waals surface area contributed by atoms with E-state index in [1.165, 1.54) is 5.56 Å². The molecule has 1 fully saturated rings. The Morgan fingerprint density at radius 2 is 2.40 bits per heavy atom. The Morgan fingerprint density at radius 1 is 1.48 bits per heavy atom. The molecule has 0 aliphatic carbocycles. The van der Waals surface area contributed by atoms with Crippen molar-refractivity contribution < 1.29 is 9.53 Å². The minimum atomic E-state index is -0.00276. The molecule has 1 N–H and O–H groups in total. The van der Waals surface area contributed by atoms with Crippen LogP contribution in [0.5, 0.6) is 0 Å². The smallest absolute Gasteiger partial charge is 0.317 e. The lowest BCUT2D eigenvalue weighted by Gasteiger charge is -2.25. The van der Waals surface area contributed by atoms with Crippen LogP contribution in [0, 0.1) is 6.92 Å². The highest BCUT2D eigenvalue weighted by molar-refractivity contribution is 7.09. The SMILES string of the molecule is Cc1csc(CCCNC(=O)N(Cc2ccsc2)C[C@H]2CCCO2)n1. The van der Waals surface area contributed by atoms with Crippen LogP contribution in [-0.2, 0) is 17.7 Å². The molecule has 2 aromatic heterocycles. The van der Waals surface area contributed by atoms with E-state index in [0.717, 1.165) is 43.0 Å². The van der Waals surface area contributed by atoms with Gasteiger partial charge in [-0.3, -0.25) is 0 Å². The number of carbonyl (C=O) groups is 1. The van der Waals surface area contributed by atoms with Gasteiger partial charge >= 0.3 is 6.03 Å². The predicted molar refractivity (Wildman–Crippen MR) is 102 cm³/mol. The number of hydrogen-bond donors (Lipinski definition) is 1. The minimum absolute atomic E-state index is 0.00276. The highest BCUT2D eigenvalue weighted by Crippen LogP contribution is 2.16. The maximum absolute atomic E-state index is 12.6. The molecule has 1 aliphatic heterocycles. The van der Waals surface area contributed by atoms with Gasteiger partial charge in [-0.2, -0.15) is 11.3 Å².